The van der Waals surface area contributed by atoms with E-state index in [0.717, 1.165) is 42.1 Å². The Labute approximate surface area is 162 Å². The largest absolute Gasteiger partial charge is 0.489 e. The Morgan fingerprint density at radius 1 is 1.07 bits per heavy atom. The molecule has 4 aromatic rings. The molecular weight excluding hydrogens is 352 g/mol. The highest BCUT2D eigenvalue weighted by Gasteiger charge is 2.16. The van der Waals surface area contributed by atoms with Crippen molar-refractivity contribution < 1.29 is 4.74 Å². The molecule has 0 spiro atoms. The Kier molecular flexibility index (Phi) is 4.18. The normalized spacial score (nSPS) is 13.4. The monoisotopic (exact) mass is 372 g/mol. The molecule has 1 aliphatic rings. The minimum absolute atomic E-state index is 0.132. The van der Waals surface area contributed by atoms with Gasteiger partial charge >= 0.3 is 0 Å². The molecule has 6 nitrogen and oxygen atoms in total. The molecule has 3 aromatic heterocycles. The van der Waals surface area contributed by atoms with E-state index in [9.17, 15) is 4.79 Å². The molecule has 0 unspecified atom stereocenters. The van der Waals surface area contributed by atoms with E-state index in [1.54, 1.807) is 10.8 Å². The Morgan fingerprint density at radius 3 is 2.82 bits per heavy atom. The molecule has 0 bridgehead atoms. The quantitative estimate of drug-likeness (QED) is 0.598. The van der Waals surface area contributed by atoms with Crippen LogP contribution in [-0.4, -0.2) is 20.5 Å². The van der Waals surface area contributed by atoms with Crippen LogP contribution in [0, 0.1) is 0 Å². The maximum atomic E-state index is 12.6. The van der Waals surface area contributed by atoms with Gasteiger partial charge in [0.25, 0.3) is 5.56 Å². The van der Waals surface area contributed by atoms with Crippen molar-refractivity contribution in [2.75, 3.05) is 6.54 Å². The summed E-state index contributed by atoms with van der Waals surface area (Å²) in [6, 6.07) is 17.1. The molecule has 1 aliphatic heterocycles. The van der Waals surface area contributed by atoms with E-state index >= 15 is 0 Å². The van der Waals surface area contributed by atoms with Gasteiger partial charge in [-0.2, -0.15) is 0 Å². The lowest BCUT2D eigenvalue weighted by atomic mass is 10.2. The Morgan fingerprint density at radius 2 is 1.96 bits per heavy atom. The van der Waals surface area contributed by atoms with E-state index in [1.165, 1.54) is 11.8 Å². The van der Waals surface area contributed by atoms with Crippen LogP contribution in [0.5, 0.6) is 5.75 Å². The molecule has 0 aliphatic carbocycles. The second kappa shape index (κ2) is 6.98. The number of benzene rings is 1. The molecule has 0 fully saturated rings. The fourth-order valence-electron chi connectivity index (χ4n) is 3.59. The smallest absolute Gasteiger partial charge is 0.258 e. The summed E-state index contributed by atoms with van der Waals surface area (Å²) in [4.78, 5) is 17.4. The maximum absolute atomic E-state index is 12.6. The molecule has 1 N–H and O–H groups in total. The highest BCUT2D eigenvalue weighted by molar-refractivity contribution is 5.51. The summed E-state index contributed by atoms with van der Waals surface area (Å²) < 4.78 is 9.46. The highest BCUT2D eigenvalue weighted by Crippen LogP contribution is 2.19. The molecule has 0 radical (unpaired) electrons. The lowest BCUT2D eigenvalue weighted by molar-refractivity contribution is 0.305. The van der Waals surface area contributed by atoms with Crippen molar-refractivity contribution in [3.8, 4) is 11.4 Å². The lowest BCUT2D eigenvalue weighted by Gasteiger charge is -2.12. The molecular formula is C22H20N4O2. The molecule has 0 saturated heterocycles. The maximum Gasteiger partial charge on any atom is 0.258 e. The summed E-state index contributed by atoms with van der Waals surface area (Å²) in [6.45, 7) is 2.21. The topological polar surface area (TPSA) is 60.6 Å². The minimum atomic E-state index is -0.132. The van der Waals surface area contributed by atoms with Gasteiger partial charge in [-0.25, -0.2) is 4.98 Å². The lowest BCUT2D eigenvalue weighted by Crippen LogP contribution is -2.24. The first-order valence-electron chi connectivity index (χ1n) is 9.38. The summed E-state index contributed by atoms with van der Waals surface area (Å²) in [5, 5.41) is 3.37. The molecule has 28 heavy (non-hydrogen) atoms. The third kappa shape index (κ3) is 3.08. The van der Waals surface area contributed by atoms with E-state index in [4.69, 9.17) is 9.72 Å². The second-order valence-electron chi connectivity index (χ2n) is 6.89. The van der Waals surface area contributed by atoms with Gasteiger partial charge in [0.1, 0.15) is 18.0 Å². The van der Waals surface area contributed by atoms with Crippen molar-refractivity contribution >= 4 is 5.65 Å². The molecule has 4 heterocycles. The predicted octanol–water partition coefficient (Wildman–Crippen LogP) is 2.71. The van der Waals surface area contributed by atoms with Crippen molar-refractivity contribution in [3.05, 3.63) is 94.3 Å². The first kappa shape index (κ1) is 16.8. The summed E-state index contributed by atoms with van der Waals surface area (Å²) in [7, 11) is 0. The van der Waals surface area contributed by atoms with Crippen molar-refractivity contribution in [3.63, 3.8) is 0 Å². The van der Waals surface area contributed by atoms with Gasteiger partial charge in [0.2, 0.25) is 0 Å². The van der Waals surface area contributed by atoms with Gasteiger partial charge in [-0.1, -0.05) is 30.3 Å². The molecule has 5 rings (SSSR count). The standard InChI is InChI=1S/C22H20N4O2/c27-22-13-18(28-15-16-4-2-1-3-5-16)8-11-25(22)17-7-10-26-20-14-23-9-6-19(20)24-21(26)12-17/h1-5,7-8,10-13,23H,6,9,14-15H2. The zero-order chi connectivity index (χ0) is 18.9. The van der Waals surface area contributed by atoms with Crippen LogP contribution in [0.25, 0.3) is 11.3 Å². The molecule has 0 saturated carbocycles. The van der Waals surface area contributed by atoms with Crippen molar-refractivity contribution in [1.29, 1.82) is 0 Å². The van der Waals surface area contributed by atoms with Gasteiger partial charge in [0.15, 0.2) is 0 Å². The van der Waals surface area contributed by atoms with Gasteiger partial charge in [0.05, 0.1) is 17.1 Å². The predicted molar refractivity (Wildman–Crippen MR) is 107 cm³/mol. The Balaban J connectivity index is 1.42. The van der Waals surface area contributed by atoms with Gasteiger partial charge < -0.3 is 14.5 Å². The van der Waals surface area contributed by atoms with Crippen LogP contribution in [0.3, 0.4) is 0 Å². The molecule has 1 aromatic carbocycles. The van der Waals surface area contributed by atoms with E-state index in [2.05, 4.69) is 9.72 Å². The fourth-order valence-corrected chi connectivity index (χ4v) is 3.59. The number of ether oxygens (including phenoxy) is 1. The average Bonchev–Trinajstić information content (AvgIpc) is 3.11. The SMILES string of the molecule is O=c1cc(OCc2ccccc2)ccn1-c1ccn2c3c(nc2c1)CCNC3. The number of rotatable bonds is 4. The molecule has 0 atom stereocenters. The number of nitrogens with one attached hydrogen (secondary N) is 1. The van der Waals surface area contributed by atoms with Crippen LogP contribution >= 0.6 is 0 Å². The summed E-state index contributed by atoms with van der Waals surface area (Å²) in [5.74, 6) is 0.563. The van der Waals surface area contributed by atoms with Gasteiger partial charge in [0, 0.05) is 44.0 Å². The zero-order valence-corrected chi connectivity index (χ0v) is 15.3. The van der Waals surface area contributed by atoms with E-state index in [-0.39, 0.29) is 5.56 Å². The van der Waals surface area contributed by atoms with Crippen LogP contribution in [0.2, 0.25) is 0 Å². The Hall–Kier alpha value is -3.38. The fraction of sp³-hybridized carbons (Fsp3) is 0.182. The van der Waals surface area contributed by atoms with Crippen LogP contribution in [-0.2, 0) is 19.6 Å². The first-order chi connectivity index (χ1) is 13.8. The summed E-state index contributed by atoms with van der Waals surface area (Å²) in [5.41, 5.74) is 4.92. The average molecular weight is 372 g/mol. The van der Waals surface area contributed by atoms with Crippen LogP contribution < -0.4 is 15.6 Å². The first-order valence-corrected chi connectivity index (χ1v) is 9.38. The minimum Gasteiger partial charge on any atom is -0.489 e. The van der Waals surface area contributed by atoms with Gasteiger partial charge in [-0.3, -0.25) is 9.36 Å². The van der Waals surface area contributed by atoms with Crippen LogP contribution in [0.1, 0.15) is 17.0 Å². The number of hydrogen-bond donors (Lipinski definition) is 1. The van der Waals surface area contributed by atoms with E-state index in [0.29, 0.717) is 12.4 Å². The Bertz CT molecular complexity index is 1190. The van der Waals surface area contributed by atoms with Crippen LogP contribution in [0.4, 0.5) is 0 Å². The number of pyridine rings is 2. The number of imidazole rings is 1. The summed E-state index contributed by atoms with van der Waals surface area (Å²) in [6.07, 6.45) is 4.66. The van der Waals surface area contributed by atoms with Gasteiger partial charge in [-0.15, -0.1) is 0 Å². The van der Waals surface area contributed by atoms with E-state index in [1.807, 2.05) is 54.7 Å². The molecule has 0 amide bonds. The van der Waals surface area contributed by atoms with Crippen molar-refractivity contribution in [2.45, 2.75) is 19.6 Å². The number of aromatic nitrogens is 3. The number of fused-ring (bicyclic) bond motifs is 3. The summed E-state index contributed by atoms with van der Waals surface area (Å²) >= 11 is 0. The zero-order valence-electron chi connectivity index (χ0n) is 15.3. The van der Waals surface area contributed by atoms with Crippen LogP contribution in [0.15, 0.2) is 71.8 Å². The third-order valence-corrected chi connectivity index (χ3v) is 5.04. The molecule has 6 heteroatoms. The number of hydrogen-bond acceptors (Lipinski definition) is 4. The van der Waals surface area contributed by atoms with Gasteiger partial charge in [-0.05, 0) is 17.7 Å². The van der Waals surface area contributed by atoms with Crippen molar-refractivity contribution in [2.24, 2.45) is 0 Å². The highest BCUT2D eigenvalue weighted by atomic mass is 16.5. The number of nitrogens with zero attached hydrogens (tertiary/aromatic N) is 3. The molecule has 140 valence electrons. The van der Waals surface area contributed by atoms with Crippen molar-refractivity contribution in [1.82, 2.24) is 19.3 Å². The van der Waals surface area contributed by atoms with E-state index < -0.39 is 0 Å². The second-order valence-corrected chi connectivity index (χ2v) is 6.89. The third-order valence-electron chi connectivity index (χ3n) is 5.04.